The van der Waals surface area contributed by atoms with Crippen LogP contribution in [0.2, 0.25) is 0 Å². The summed E-state index contributed by atoms with van der Waals surface area (Å²) in [5, 5.41) is 3.01. The van der Waals surface area contributed by atoms with Crippen LogP contribution in [0.4, 0.5) is 10.1 Å². The van der Waals surface area contributed by atoms with E-state index >= 15 is 0 Å². The molecule has 108 valence electrons. The highest BCUT2D eigenvalue weighted by molar-refractivity contribution is 7.84. The van der Waals surface area contributed by atoms with Crippen molar-refractivity contribution in [3.8, 4) is 0 Å². The second-order valence-electron chi connectivity index (χ2n) is 4.57. The van der Waals surface area contributed by atoms with Crippen molar-refractivity contribution in [1.82, 2.24) is 5.32 Å². The number of fused-ring (bicyclic) bond motifs is 1. The van der Waals surface area contributed by atoms with Crippen LogP contribution in [0.15, 0.2) is 18.2 Å². The first-order chi connectivity index (χ1) is 9.40. The van der Waals surface area contributed by atoms with Gasteiger partial charge in [-0.15, -0.1) is 11.3 Å². The van der Waals surface area contributed by atoms with Crippen molar-refractivity contribution in [2.75, 3.05) is 17.7 Å². The minimum absolute atomic E-state index is 0.158. The number of rotatable bonds is 4. The fraction of sp³-hybridized carbons (Fsp3) is 0.308. The van der Waals surface area contributed by atoms with Gasteiger partial charge in [0.25, 0.3) is 5.91 Å². The Bertz CT molecular complexity index is 684. The molecule has 0 saturated carbocycles. The van der Waals surface area contributed by atoms with E-state index in [1.54, 1.807) is 25.3 Å². The topological polar surface area (TPSA) is 72.2 Å². The molecule has 0 aliphatic heterocycles. The molecule has 2 aromatic rings. The maximum absolute atomic E-state index is 13.7. The monoisotopic (exact) mass is 314 g/mol. The van der Waals surface area contributed by atoms with Gasteiger partial charge in [0.1, 0.15) is 10.7 Å². The third-order valence-corrected chi connectivity index (χ3v) is 4.91. The number of halogens is 1. The van der Waals surface area contributed by atoms with Crippen LogP contribution >= 0.6 is 11.3 Å². The first-order valence-electron chi connectivity index (χ1n) is 5.97. The number of nitrogens with two attached hydrogens (primary N) is 1. The van der Waals surface area contributed by atoms with E-state index in [9.17, 15) is 13.4 Å². The Morgan fingerprint density at radius 3 is 2.85 bits per heavy atom. The lowest BCUT2D eigenvalue weighted by atomic mass is 10.2. The van der Waals surface area contributed by atoms with Crippen LogP contribution in [0.1, 0.15) is 16.6 Å². The molecule has 0 spiro atoms. The van der Waals surface area contributed by atoms with Gasteiger partial charge in [-0.05, 0) is 19.1 Å². The van der Waals surface area contributed by atoms with E-state index in [-0.39, 0.29) is 23.0 Å². The second kappa shape index (κ2) is 5.88. The summed E-state index contributed by atoms with van der Waals surface area (Å²) in [5.41, 5.74) is 6.03. The summed E-state index contributed by atoms with van der Waals surface area (Å²) in [6, 6.07) is 4.39. The van der Waals surface area contributed by atoms with Crippen LogP contribution in [-0.2, 0) is 10.8 Å². The number of hydrogen-bond acceptors (Lipinski definition) is 4. The van der Waals surface area contributed by atoms with E-state index in [2.05, 4.69) is 5.32 Å². The molecule has 2 unspecified atom stereocenters. The molecule has 20 heavy (non-hydrogen) atoms. The van der Waals surface area contributed by atoms with Gasteiger partial charge in [-0.3, -0.25) is 9.00 Å². The number of anilines is 1. The predicted octanol–water partition coefficient (Wildman–Crippen LogP) is 2.12. The molecule has 3 N–H and O–H groups in total. The molecule has 0 fully saturated rings. The fourth-order valence-corrected chi connectivity index (χ4v) is 3.81. The van der Waals surface area contributed by atoms with E-state index in [0.717, 1.165) is 11.3 Å². The number of benzene rings is 1. The fourth-order valence-electron chi connectivity index (χ4n) is 1.98. The van der Waals surface area contributed by atoms with Crippen LogP contribution in [0.5, 0.6) is 0 Å². The van der Waals surface area contributed by atoms with E-state index in [4.69, 9.17) is 5.73 Å². The van der Waals surface area contributed by atoms with Gasteiger partial charge in [0.15, 0.2) is 0 Å². The quantitative estimate of drug-likeness (QED) is 0.908. The zero-order chi connectivity index (χ0) is 14.9. The van der Waals surface area contributed by atoms with Crippen LogP contribution in [-0.4, -0.2) is 28.2 Å². The van der Waals surface area contributed by atoms with Crippen molar-refractivity contribution < 1.29 is 13.4 Å². The van der Waals surface area contributed by atoms with E-state index in [0.29, 0.717) is 15.3 Å². The number of carbonyl (C=O) groups excluding carboxylic acids is 1. The van der Waals surface area contributed by atoms with Gasteiger partial charge in [-0.2, -0.15) is 0 Å². The Morgan fingerprint density at radius 1 is 1.55 bits per heavy atom. The Morgan fingerprint density at radius 2 is 2.25 bits per heavy atom. The van der Waals surface area contributed by atoms with Gasteiger partial charge in [0, 0.05) is 33.5 Å². The summed E-state index contributed by atoms with van der Waals surface area (Å²) in [5.74, 6) is -0.427. The van der Waals surface area contributed by atoms with Gasteiger partial charge >= 0.3 is 0 Å². The Balaban J connectivity index is 2.29. The maximum Gasteiger partial charge on any atom is 0.263 e. The van der Waals surface area contributed by atoms with Gasteiger partial charge in [-0.25, -0.2) is 4.39 Å². The van der Waals surface area contributed by atoms with Crippen LogP contribution in [0.25, 0.3) is 10.1 Å². The predicted molar refractivity (Wildman–Crippen MR) is 82.1 cm³/mol. The minimum Gasteiger partial charge on any atom is -0.397 e. The largest absolute Gasteiger partial charge is 0.397 e. The molecule has 7 heteroatoms. The summed E-state index contributed by atoms with van der Waals surface area (Å²) in [6.07, 6.45) is 1.58. The Hall–Kier alpha value is -1.47. The molecule has 4 nitrogen and oxygen atoms in total. The van der Waals surface area contributed by atoms with Crippen LogP contribution in [0, 0.1) is 5.82 Å². The standard InChI is InChI=1S/C13H15FN2O2S2/c1-7(6-20(2)18)16-13(17)12-11(15)10-8(14)4-3-5-9(10)19-12/h3-5,7H,6,15H2,1-2H3,(H,16,17). The first-order valence-corrected chi connectivity index (χ1v) is 8.52. The molecule has 0 bridgehead atoms. The lowest BCUT2D eigenvalue weighted by molar-refractivity contribution is 0.0948. The molecule has 0 aliphatic rings. The number of nitrogen functional groups attached to an aromatic ring is 1. The number of carbonyl (C=O) groups is 1. The molecule has 1 aromatic heterocycles. The highest BCUT2D eigenvalue weighted by Crippen LogP contribution is 2.35. The second-order valence-corrected chi connectivity index (χ2v) is 7.10. The molecular weight excluding hydrogens is 299 g/mol. The highest BCUT2D eigenvalue weighted by Gasteiger charge is 2.20. The number of thiophene rings is 1. The average molecular weight is 314 g/mol. The number of hydrogen-bond donors (Lipinski definition) is 2. The van der Waals surface area contributed by atoms with Gasteiger partial charge < -0.3 is 11.1 Å². The maximum atomic E-state index is 13.7. The molecule has 2 rings (SSSR count). The van der Waals surface area contributed by atoms with E-state index < -0.39 is 16.6 Å². The summed E-state index contributed by atoms with van der Waals surface area (Å²) in [6.45, 7) is 1.77. The summed E-state index contributed by atoms with van der Waals surface area (Å²) in [4.78, 5) is 12.4. The molecule has 0 radical (unpaired) electrons. The minimum atomic E-state index is -0.995. The van der Waals surface area contributed by atoms with Crippen LogP contribution in [0.3, 0.4) is 0 Å². The smallest absolute Gasteiger partial charge is 0.263 e. The Labute approximate surface area is 122 Å². The molecule has 0 aliphatic carbocycles. The summed E-state index contributed by atoms with van der Waals surface area (Å²) < 4.78 is 25.5. The first kappa shape index (κ1) is 14.9. The van der Waals surface area contributed by atoms with E-state index in [1.165, 1.54) is 6.07 Å². The number of amides is 1. The normalized spacial score (nSPS) is 14.2. The zero-order valence-corrected chi connectivity index (χ0v) is 12.7. The third-order valence-electron chi connectivity index (χ3n) is 2.77. The summed E-state index contributed by atoms with van der Waals surface area (Å²) >= 11 is 1.15. The summed E-state index contributed by atoms with van der Waals surface area (Å²) in [7, 11) is -0.995. The Kier molecular flexibility index (Phi) is 4.39. The van der Waals surface area contributed by atoms with Crippen molar-refractivity contribution in [2.24, 2.45) is 0 Å². The van der Waals surface area contributed by atoms with Crippen LogP contribution < -0.4 is 11.1 Å². The van der Waals surface area contributed by atoms with Gasteiger partial charge in [0.05, 0.1) is 11.1 Å². The molecular formula is C13H15FN2O2S2. The van der Waals surface area contributed by atoms with Crippen molar-refractivity contribution in [3.05, 3.63) is 28.9 Å². The van der Waals surface area contributed by atoms with E-state index in [1.807, 2.05) is 0 Å². The SMILES string of the molecule is CC(CS(C)=O)NC(=O)c1sc2cccc(F)c2c1N. The molecule has 1 aromatic carbocycles. The van der Waals surface area contributed by atoms with Gasteiger partial charge in [0.2, 0.25) is 0 Å². The van der Waals surface area contributed by atoms with Crippen molar-refractivity contribution >= 4 is 43.8 Å². The van der Waals surface area contributed by atoms with Crippen molar-refractivity contribution in [2.45, 2.75) is 13.0 Å². The molecule has 2 atom stereocenters. The van der Waals surface area contributed by atoms with Crippen molar-refractivity contribution in [1.29, 1.82) is 0 Å². The van der Waals surface area contributed by atoms with Crippen molar-refractivity contribution in [3.63, 3.8) is 0 Å². The average Bonchev–Trinajstić information content (AvgIpc) is 2.67. The zero-order valence-electron chi connectivity index (χ0n) is 11.1. The lowest BCUT2D eigenvalue weighted by Crippen LogP contribution is -2.36. The highest BCUT2D eigenvalue weighted by atomic mass is 32.2. The molecule has 1 heterocycles. The van der Waals surface area contributed by atoms with Gasteiger partial charge in [-0.1, -0.05) is 6.07 Å². The molecule has 0 saturated heterocycles. The number of nitrogens with one attached hydrogen (secondary N) is 1. The molecule has 1 amide bonds. The lowest BCUT2D eigenvalue weighted by Gasteiger charge is -2.11. The third kappa shape index (κ3) is 2.99.